The van der Waals surface area contributed by atoms with Gasteiger partial charge in [-0.3, -0.25) is 4.79 Å². The highest BCUT2D eigenvalue weighted by Gasteiger charge is 2.55. The van der Waals surface area contributed by atoms with Crippen molar-refractivity contribution >= 4 is 64.7 Å². The second-order valence-corrected chi connectivity index (χ2v) is 20.0. The molecule has 3 saturated carbocycles. The quantitative estimate of drug-likeness (QED) is 0.0609. The van der Waals surface area contributed by atoms with E-state index in [0.29, 0.717) is 24.3 Å². The van der Waals surface area contributed by atoms with Gasteiger partial charge in [0, 0.05) is 30.0 Å². The zero-order valence-electron chi connectivity index (χ0n) is 32.4. The molecule has 4 rings (SSSR count). The number of fused-ring (bicyclic) bond motifs is 5. The minimum atomic E-state index is 0. The minimum absolute atomic E-state index is 0. The Morgan fingerprint density at radius 2 is 1.58 bits per heavy atom. The predicted molar refractivity (Wildman–Crippen MR) is 229 cm³/mol. The van der Waals surface area contributed by atoms with Crippen LogP contribution in [0.4, 0.5) is 0 Å². The number of nitrogens with one attached hydrogen (secondary N) is 1. The maximum atomic E-state index is 13.2. The van der Waals surface area contributed by atoms with Crippen molar-refractivity contribution in [1.29, 1.82) is 0 Å². The zero-order chi connectivity index (χ0) is 33.9. The Balaban J connectivity index is 0.00000417. The van der Waals surface area contributed by atoms with Crippen molar-refractivity contribution in [3.05, 3.63) is 11.6 Å². The molecule has 50 heavy (non-hydrogen) atoms. The summed E-state index contributed by atoms with van der Waals surface area (Å²) in [6.07, 6.45) is 22.9. The van der Waals surface area contributed by atoms with Crippen LogP contribution in [0.25, 0.3) is 0 Å². The number of amides is 1. The number of allylic oxidation sites excluding steroid dienone is 2. The van der Waals surface area contributed by atoms with Crippen molar-refractivity contribution in [2.75, 3.05) is 45.0 Å². The lowest BCUT2D eigenvalue weighted by molar-refractivity contribution is -0.130. The molecule has 4 aliphatic carbocycles. The van der Waals surface area contributed by atoms with E-state index in [9.17, 15) is 4.79 Å². The molecule has 1 amide bonds. The molecular formula is C40H77Cl3N4OS2. The van der Waals surface area contributed by atoms with Gasteiger partial charge in [0.05, 0.1) is 0 Å². The van der Waals surface area contributed by atoms with Gasteiger partial charge in [0.25, 0.3) is 0 Å². The first kappa shape index (κ1) is 48.7. The smallest absolute Gasteiger partial charge is 0.223 e. The topological polar surface area (TPSA) is 84.4 Å². The Morgan fingerprint density at radius 1 is 0.880 bits per heavy atom. The summed E-state index contributed by atoms with van der Waals surface area (Å²) in [5, 5.41) is 3.45. The molecule has 0 aromatic carbocycles. The van der Waals surface area contributed by atoms with E-state index in [4.69, 9.17) is 11.5 Å². The van der Waals surface area contributed by atoms with E-state index in [0.717, 1.165) is 106 Å². The first-order chi connectivity index (χ1) is 22.6. The third-order valence-corrected chi connectivity index (χ3v) is 16.4. The SMILES string of the molecule is CC(C)CCCC(C)[C@H]1CC[C@H]2[C@@H]1CC[C@H]1[C@H]2CC=C2C[C@@](C)(SSCCC(=O)N(CCCN)CCCCNCCCN)CC[C@@]21C.Cl.Cl.Cl. The van der Waals surface area contributed by atoms with Crippen molar-refractivity contribution in [2.45, 2.75) is 142 Å². The van der Waals surface area contributed by atoms with E-state index in [1.807, 2.05) is 10.8 Å². The fraction of sp³-hybridized carbons (Fsp3) is 0.925. The van der Waals surface area contributed by atoms with Gasteiger partial charge in [-0.05, 0) is 157 Å². The lowest BCUT2D eigenvalue weighted by Crippen LogP contribution is -2.49. The van der Waals surface area contributed by atoms with Crippen molar-refractivity contribution in [1.82, 2.24) is 10.2 Å². The van der Waals surface area contributed by atoms with Gasteiger partial charge in [-0.25, -0.2) is 0 Å². The van der Waals surface area contributed by atoms with E-state index < -0.39 is 0 Å². The molecule has 0 radical (unpaired) electrons. The maximum absolute atomic E-state index is 13.2. The van der Waals surface area contributed by atoms with Crippen LogP contribution in [-0.4, -0.2) is 60.6 Å². The second kappa shape index (κ2) is 24.2. The van der Waals surface area contributed by atoms with Crippen LogP contribution in [0.3, 0.4) is 0 Å². The van der Waals surface area contributed by atoms with Crippen LogP contribution < -0.4 is 16.8 Å². The number of hydrogen-bond acceptors (Lipinski definition) is 6. The standard InChI is InChI=1S/C40H74N4OS2.3ClH/c1-30(2)11-8-12-31(3)33-15-16-35-34(33)17-18-37-36(35)14-13-32-29-39(4,20-21-40(32,37)5)47-46-28-19-38(45)44(27-10-23-42)26-7-6-24-43-25-9-22-41;;;/h13,30-31,33-37,43H,6-12,14-29,41-42H2,1-5H3;3*1H/t31?,33-,34-,35+,36+,37+,39+,40+;;;/m1.../s1. The molecule has 1 unspecified atom stereocenters. The summed E-state index contributed by atoms with van der Waals surface area (Å²) < 4.78 is 0.281. The van der Waals surface area contributed by atoms with Crippen molar-refractivity contribution in [3.63, 3.8) is 0 Å². The third kappa shape index (κ3) is 13.4. The largest absolute Gasteiger partial charge is 0.343 e. The van der Waals surface area contributed by atoms with Crippen LogP contribution in [0.5, 0.6) is 0 Å². The highest BCUT2D eigenvalue weighted by atomic mass is 35.5. The summed E-state index contributed by atoms with van der Waals surface area (Å²) in [5.74, 6) is 7.78. The van der Waals surface area contributed by atoms with Crippen LogP contribution in [-0.2, 0) is 4.79 Å². The van der Waals surface area contributed by atoms with Gasteiger partial charge in [0.2, 0.25) is 5.91 Å². The molecule has 0 saturated heterocycles. The lowest BCUT2D eigenvalue weighted by Gasteiger charge is -2.57. The number of halogens is 3. The molecule has 0 aromatic rings. The molecule has 0 bridgehead atoms. The first-order valence-electron chi connectivity index (χ1n) is 20.0. The zero-order valence-corrected chi connectivity index (χ0v) is 36.5. The van der Waals surface area contributed by atoms with Gasteiger partial charge >= 0.3 is 0 Å². The van der Waals surface area contributed by atoms with Gasteiger partial charge in [-0.15, -0.1) is 37.2 Å². The average molecular weight is 801 g/mol. The van der Waals surface area contributed by atoms with Gasteiger partial charge in [-0.2, -0.15) is 0 Å². The fourth-order valence-corrected chi connectivity index (χ4v) is 13.2. The van der Waals surface area contributed by atoms with Gasteiger partial charge in [0.15, 0.2) is 0 Å². The van der Waals surface area contributed by atoms with Gasteiger partial charge in [0.1, 0.15) is 0 Å². The number of hydrogen-bond donors (Lipinski definition) is 3. The van der Waals surface area contributed by atoms with Gasteiger partial charge < -0.3 is 21.7 Å². The number of rotatable bonds is 21. The molecule has 0 aromatic heterocycles. The Hall–Kier alpha value is 0.660. The molecule has 0 aliphatic heterocycles. The Labute approximate surface area is 335 Å². The summed E-state index contributed by atoms with van der Waals surface area (Å²) in [6, 6.07) is 0. The molecule has 0 spiro atoms. The van der Waals surface area contributed by atoms with Crippen LogP contribution in [0.15, 0.2) is 11.6 Å². The van der Waals surface area contributed by atoms with E-state index >= 15 is 0 Å². The molecule has 8 atom stereocenters. The number of unbranched alkanes of at least 4 members (excludes halogenated alkanes) is 1. The fourth-order valence-electron chi connectivity index (χ4n) is 10.3. The predicted octanol–water partition coefficient (Wildman–Crippen LogP) is 10.3. The minimum Gasteiger partial charge on any atom is -0.343 e. The van der Waals surface area contributed by atoms with Crippen LogP contribution in [0.2, 0.25) is 0 Å². The maximum Gasteiger partial charge on any atom is 0.223 e. The van der Waals surface area contributed by atoms with E-state index in [1.165, 1.54) is 70.6 Å². The van der Waals surface area contributed by atoms with Crippen LogP contribution in [0.1, 0.15) is 137 Å². The second-order valence-electron chi connectivity index (χ2n) is 17.0. The van der Waals surface area contributed by atoms with Crippen LogP contribution in [0, 0.1) is 46.8 Å². The molecule has 296 valence electrons. The Kier molecular flexibility index (Phi) is 23.6. The van der Waals surface area contributed by atoms with E-state index in [-0.39, 0.29) is 42.0 Å². The Morgan fingerprint density at radius 3 is 2.30 bits per heavy atom. The summed E-state index contributed by atoms with van der Waals surface area (Å²) in [7, 11) is 4.03. The summed E-state index contributed by atoms with van der Waals surface area (Å²) in [4.78, 5) is 15.3. The van der Waals surface area contributed by atoms with Crippen molar-refractivity contribution in [2.24, 2.45) is 58.3 Å². The molecule has 5 N–H and O–H groups in total. The molecule has 10 heteroatoms. The normalized spacial score (nSPS) is 30.5. The van der Waals surface area contributed by atoms with Crippen LogP contribution >= 0.6 is 58.8 Å². The molecule has 0 heterocycles. The Bertz CT molecular complexity index is 992. The molecule has 4 aliphatic rings. The summed E-state index contributed by atoms with van der Waals surface area (Å²) in [6.45, 7) is 17.5. The number of nitrogens with two attached hydrogens (primary N) is 2. The lowest BCUT2D eigenvalue weighted by atomic mass is 9.49. The van der Waals surface area contributed by atoms with Gasteiger partial charge in [-0.1, -0.05) is 80.2 Å². The summed E-state index contributed by atoms with van der Waals surface area (Å²) in [5.41, 5.74) is 13.6. The molecular weight excluding hydrogens is 723 g/mol. The summed E-state index contributed by atoms with van der Waals surface area (Å²) >= 11 is 0. The number of carbonyl (C=O) groups excluding carboxylic acids is 1. The van der Waals surface area contributed by atoms with Crippen molar-refractivity contribution < 1.29 is 4.79 Å². The highest BCUT2D eigenvalue weighted by Crippen LogP contribution is 2.65. The van der Waals surface area contributed by atoms with E-state index in [2.05, 4.69) is 61.7 Å². The molecule has 5 nitrogen and oxygen atoms in total. The molecule has 3 fully saturated rings. The average Bonchev–Trinajstić information content (AvgIpc) is 3.49. The monoisotopic (exact) mass is 798 g/mol. The first-order valence-corrected chi connectivity index (χ1v) is 22.3. The highest BCUT2D eigenvalue weighted by molar-refractivity contribution is 8.77. The van der Waals surface area contributed by atoms with Crippen molar-refractivity contribution in [3.8, 4) is 0 Å². The number of carbonyl (C=O) groups is 1. The third-order valence-electron chi connectivity index (χ3n) is 13.1. The number of nitrogens with zero attached hydrogens (tertiary/aromatic N) is 1. The van der Waals surface area contributed by atoms with E-state index in [1.54, 1.807) is 5.57 Å².